The van der Waals surface area contributed by atoms with Gasteiger partial charge in [0.15, 0.2) is 0 Å². The van der Waals surface area contributed by atoms with E-state index < -0.39 is 5.82 Å². The van der Waals surface area contributed by atoms with Gasteiger partial charge in [-0.3, -0.25) is 15.6 Å². The first kappa shape index (κ1) is 21.1. The number of urea groups is 1. The normalized spacial score (nSPS) is 22.0. The van der Waals surface area contributed by atoms with Crippen LogP contribution in [-0.4, -0.2) is 42.5 Å². The first-order valence-electron chi connectivity index (χ1n) is 9.32. The minimum atomic E-state index is -0.542. The number of hydrazine groups is 1. The Kier molecular flexibility index (Phi) is 7.15. The fraction of sp³-hybridized carbons (Fsp3) is 0.579. The molecule has 2 atom stereocenters. The highest BCUT2D eigenvalue weighted by atomic mass is 19.1. The van der Waals surface area contributed by atoms with Crippen LogP contribution in [0.25, 0.3) is 0 Å². The Hall–Kier alpha value is -2.19. The van der Waals surface area contributed by atoms with Crippen molar-refractivity contribution in [1.29, 1.82) is 0 Å². The van der Waals surface area contributed by atoms with Crippen molar-refractivity contribution in [2.45, 2.75) is 46.2 Å². The summed E-state index contributed by atoms with van der Waals surface area (Å²) in [6.07, 6.45) is 0.866. The van der Waals surface area contributed by atoms with Crippen molar-refractivity contribution in [2.75, 3.05) is 24.2 Å². The van der Waals surface area contributed by atoms with Crippen molar-refractivity contribution >= 4 is 23.3 Å². The van der Waals surface area contributed by atoms with E-state index in [1.54, 1.807) is 25.8 Å². The molecule has 8 heteroatoms. The van der Waals surface area contributed by atoms with Gasteiger partial charge in [0.2, 0.25) is 5.91 Å². The molecule has 150 valence electrons. The van der Waals surface area contributed by atoms with Crippen molar-refractivity contribution in [3.8, 4) is 0 Å². The van der Waals surface area contributed by atoms with Crippen molar-refractivity contribution in [2.24, 2.45) is 11.8 Å². The molecule has 1 aliphatic rings. The Balaban J connectivity index is 1.93. The molecule has 1 aromatic carbocycles. The molecule has 1 saturated heterocycles. The zero-order valence-corrected chi connectivity index (χ0v) is 16.6. The van der Waals surface area contributed by atoms with E-state index in [0.29, 0.717) is 30.2 Å². The maximum absolute atomic E-state index is 13.9. The molecule has 1 fully saturated rings. The van der Waals surface area contributed by atoms with E-state index in [-0.39, 0.29) is 23.5 Å². The lowest BCUT2D eigenvalue weighted by molar-refractivity contribution is -0.118. The summed E-state index contributed by atoms with van der Waals surface area (Å²) in [6, 6.07) is 4.55. The molecule has 1 aliphatic heterocycles. The summed E-state index contributed by atoms with van der Waals surface area (Å²) in [4.78, 5) is 25.8. The fourth-order valence-electron chi connectivity index (χ4n) is 3.05. The van der Waals surface area contributed by atoms with Crippen LogP contribution in [0.2, 0.25) is 0 Å². The topological polar surface area (TPSA) is 85.5 Å². The van der Waals surface area contributed by atoms with Crippen LogP contribution in [0.5, 0.6) is 0 Å². The first-order valence-corrected chi connectivity index (χ1v) is 9.32. The average molecular weight is 379 g/mol. The van der Waals surface area contributed by atoms with Crippen LogP contribution in [0.4, 0.5) is 20.6 Å². The zero-order valence-electron chi connectivity index (χ0n) is 16.6. The van der Waals surface area contributed by atoms with Crippen LogP contribution in [0.3, 0.4) is 0 Å². The molecule has 27 heavy (non-hydrogen) atoms. The summed E-state index contributed by atoms with van der Waals surface area (Å²) >= 11 is 0. The molecule has 0 radical (unpaired) electrons. The molecular formula is C19H30FN5O2. The van der Waals surface area contributed by atoms with Crippen molar-refractivity contribution in [3.63, 3.8) is 0 Å². The summed E-state index contributed by atoms with van der Waals surface area (Å²) in [5.41, 5.74) is 6.90. The van der Waals surface area contributed by atoms with Gasteiger partial charge >= 0.3 is 6.03 Å². The van der Waals surface area contributed by atoms with Crippen LogP contribution < -0.4 is 21.5 Å². The Morgan fingerprint density at radius 2 is 1.81 bits per heavy atom. The van der Waals surface area contributed by atoms with Crippen LogP contribution in [0.1, 0.15) is 34.1 Å². The molecule has 3 amide bonds. The molecule has 0 aromatic heterocycles. The second-order valence-electron chi connectivity index (χ2n) is 7.51. The number of carbonyl (C=O) groups is 2. The number of carbonyl (C=O) groups excluding carboxylic acids is 2. The van der Waals surface area contributed by atoms with E-state index in [4.69, 9.17) is 0 Å². The number of nitrogens with zero attached hydrogens (tertiary/aromatic N) is 1. The number of nitrogens with one attached hydrogen (secondary N) is 4. The van der Waals surface area contributed by atoms with Crippen LogP contribution in [0, 0.1) is 17.7 Å². The number of hydrogen-bond acceptors (Lipinski definition) is 4. The number of anilines is 2. The largest absolute Gasteiger partial charge is 0.328 e. The minimum Gasteiger partial charge on any atom is -0.328 e. The van der Waals surface area contributed by atoms with E-state index in [0.717, 1.165) is 6.42 Å². The van der Waals surface area contributed by atoms with Gasteiger partial charge < -0.3 is 15.5 Å². The van der Waals surface area contributed by atoms with E-state index in [1.807, 2.05) is 0 Å². The lowest BCUT2D eigenvalue weighted by Gasteiger charge is -2.23. The summed E-state index contributed by atoms with van der Waals surface area (Å²) in [5, 5.41) is 5.28. The van der Waals surface area contributed by atoms with Crippen LogP contribution in [0.15, 0.2) is 18.2 Å². The first-order chi connectivity index (χ1) is 12.7. The lowest BCUT2D eigenvalue weighted by Crippen LogP contribution is -2.35. The number of amides is 3. The maximum atomic E-state index is 13.9. The van der Waals surface area contributed by atoms with Gasteiger partial charge in [-0.25, -0.2) is 9.18 Å². The quantitative estimate of drug-likeness (QED) is 0.612. The van der Waals surface area contributed by atoms with Gasteiger partial charge in [0, 0.05) is 37.3 Å². The molecule has 4 N–H and O–H groups in total. The van der Waals surface area contributed by atoms with Crippen LogP contribution >= 0.6 is 0 Å². The predicted octanol–water partition coefficient (Wildman–Crippen LogP) is 2.78. The van der Waals surface area contributed by atoms with E-state index >= 15 is 0 Å². The van der Waals surface area contributed by atoms with Gasteiger partial charge in [0.25, 0.3) is 0 Å². The standard InChI is InChI=1S/C19H30FN5O2/c1-11(2)18(26)22-17-10-14(6-7-16(17)20)21-19(27)25(5)9-8-15-12(3)23-24-13(15)4/h6-7,10-13,15,23-24H,8-9H2,1-5H3,(H,21,27)(H,22,26). The third-order valence-corrected chi connectivity index (χ3v) is 4.97. The Morgan fingerprint density at radius 3 is 2.41 bits per heavy atom. The third kappa shape index (κ3) is 5.64. The zero-order chi connectivity index (χ0) is 20.1. The highest BCUT2D eigenvalue weighted by Crippen LogP contribution is 2.21. The monoisotopic (exact) mass is 379 g/mol. The highest BCUT2D eigenvalue weighted by Gasteiger charge is 2.29. The highest BCUT2D eigenvalue weighted by molar-refractivity contribution is 5.94. The molecule has 0 saturated carbocycles. The Morgan fingerprint density at radius 1 is 1.19 bits per heavy atom. The molecule has 2 unspecified atom stereocenters. The Labute approximate surface area is 160 Å². The maximum Gasteiger partial charge on any atom is 0.321 e. The lowest BCUT2D eigenvalue weighted by atomic mass is 9.93. The van der Waals surface area contributed by atoms with Gasteiger partial charge in [-0.2, -0.15) is 0 Å². The second kappa shape index (κ2) is 9.14. The summed E-state index contributed by atoms with van der Waals surface area (Å²) in [5.74, 6) is -0.655. The summed E-state index contributed by atoms with van der Waals surface area (Å²) < 4.78 is 13.9. The molecule has 1 heterocycles. The van der Waals surface area contributed by atoms with Crippen LogP contribution in [-0.2, 0) is 4.79 Å². The van der Waals surface area contributed by atoms with Gasteiger partial charge in [-0.1, -0.05) is 13.8 Å². The Bertz CT molecular complexity index is 672. The second-order valence-corrected chi connectivity index (χ2v) is 7.51. The fourth-order valence-corrected chi connectivity index (χ4v) is 3.05. The molecule has 7 nitrogen and oxygen atoms in total. The minimum absolute atomic E-state index is 0.0555. The van der Waals surface area contributed by atoms with E-state index in [1.165, 1.54) is 18.2 Å². The van der Waals surface area contributed by atoms with Crippen molar-refractivity contribution in [1.82, 2.24) is 15.8 Å². The SMILES string of the molecule is CC(C)C(=O)Nc1cc(NC(=O)N(C)CCC2C(C)NNC2C)ccc1F. The molecule has 0 spiro atoms. The molecule has 0 bridgehead atoms. The summed E-state index contributed by atoms with van der Waals surface area (Å²) in [6.45, 7) is 8.29. The van der Waals surface area contributed by atoms with Crippen molar-refractivity contribution < 1.29 is 14.0 Å². The van der Waals surface area contributed by atoms with Gasteiger partial charge in [0.1, 0.15) is 5.82 Å². The van der Waals surface area contributed by atoms with E-state index in [9.17, 15) is 14.0 Å². The summed E-state index contributed by atoms with van der Waals surface area (Å²) in [7, 11) is 1.73. The van der Waals surface area contributed by atoms with Gasteiger partial charge in [0.05, 0.1) is 5.69 Å². The van der Waals surface area contributed by atoms with Crippen molar-refractivity contribution in [3.05, 3.63) is 24.0 Å². The smallest absolute Gasteiger partial charge is 0.321 e. The molecule has 0 aliphatic carbocycles. The van der Waals surface area contributed by atoms with Gasteiger partial charge in [-0.15, -0.1) is 0 Å². The average Bonchev–Trinajstić information content (AvgIpc) is 2.93. The van der Waals surface area contributed by atoms with Gasteiger partial charge in [-0.05, 0) is 44.4 Å². The number of rotatable bonds is 6. The molecular weight excluding hydrogens is 349 g/mol. The molecule has 1 aromatic rings. The third-order valence-electron chi connectivity index (χ3n) is 4.97. The van der Waals surface area contributed by atoms with E-state index in [2.05, 4.69) is 35.3 Å². The predicted molar refractivity (Wildman–Crippen MR) is 105 cm³/mol. The number of halogens is 1. The number of hydrogen-bond donors (Lipinski definition) is 4. The molecule has 2 rings (SSSR count). The number of benzene rings is 1.